The Kier molecular flexibility index (Phi) is 3.78. The van der Waals surface area contributed by atoms with Crippen molar-refractivity contribution in [3.05, 3.63) is 33.7 Å². The first kappa shape index (κ1) is 13.8. The lowest BCUT2D eigenvalue weighted by molar-refractivity contribution is 0.0542. The molecule has 0 radical (unpaired) electrons. The summed E-state index contributed by atoms with van der Waals surface area (Å²) in [5.41, 5.74) is 1.23. The van der Waals surface area contributed by atoms with Crippen LogP contribution >= 0.6 is 0 Å². The van der Waals surface area contributed by atoms with Crippen molar-refractivity contribution in [1.29, 1.82) is 0 Å². The molecule has 4 nitrogen and oxygen atoms in total. The van der Waals surface area contributed by atoms with Crippen molar-refractivity contribution in [2.75, 3.05) is 13.1 Å². The Morgan fingerprint density at radius 2 is 2.21 bits per heavy atom. The van der Waals surface area contributed by atoms with E-state index in [-0.39, 0.29) is 16.9 Å². The number of aromatic nitrogens is 1. The molecule has 0 aromatic carbocycles. The summed E-state index contributed by atoms with van der Waals surface area (Å²) in [7, 11) is 0. The van der Waals surface area contributed by atoms with E-state index >= 15 is 0 Å². The highest BCUT2D eigenvalue weighted by molar-refractivity contribution is 5.94. The molecule has 19 heavy (non-hydrogen) atoms. The van der Waals surface area contributed by atoms with Gasteiger partial charge in [0.15, 0.2) is 0 Å². The molecule has 1 fully saturated rings. The molecule has 4 heteroatoms. The van der Waals surface area contributed by atoms with Crippen molar-refractivity contribution < 1.29 is 4.79 Å². The third-order valence-electron chi connectivity index (χ3n) is 4.15. The number of likely N-dealkylation sites (tertiary alicyclic amines) is 1. The van der Waals surface area contributed by atoms with Crippen LogP contribution in [0.3, 0.4) is 0 Å². The minimum atomic E-state index is -0.210. The van der Waals surface area contributed by atoms with Gasteiger partial charge in [-0.25, -0.2) is 0 Å². The van der Waals surface area contributed by atoms with Crippen LogP contribution in [0.15, 0.2) is 16.9 Å². The van der Waals surface area contributed by atoms with Crippen LogP contribution in [0.1, 0.15) is 49.2 Å². The first-order chi connectivity index (χ1) is 8.93. The van der Waals surface area contributed by atoms with Crippen LogP contribution in [-0.4, -0.2) is 28.9 Å². The van der Waals surface area contributed by atoms with E-state index in [2.05, 4.69) is 18.8 Å². The zero-order chi connectivity index (χ0) is 14.0. The first-order valence-electron chi connectivity index (χ1n) is 6.94. The van der Waals surface area contributed by atoms with Gasteiger partial charge in [0, 0.05) is 30.4 Å². The quantitative estimate of drug-likeness (QED) is 0.889. The second-order valence-corrected chi connectivity index (χ2v) is 5.91. The maximum absolute atomic E-state index is 12.5. The predicted octanol–water partition coefficient (Wildman–Crippen LogP) is 2.34. The number of hydrogen-bond donors (Lipinski definition) is 1. The SMILES string of the molecule is CC[C@]1(C)CCCN(C(=O)c2cc(C)[nH]c(=O)c2)C1. The second-order valence-electron chi connectivity index (χ2n) is 5.91. The maximum atomic E-state index is 12.5. The van der Waals surface area contributed by atoms with Crippen LogP contribution in [0.4, 0.5) is 0 Å². The first-order valence-corrected chi connectivity index (χ1v) is 6.94. The van der Waals surface area contributed by atoms with Crippen LogP contribution in [0, 0.1) is 12.3 Å². The number of carbonyl (C=O) groups is 1. The highest BCUT2D eigenvalue weighted by Crippen LogP contribution is 2.32. The van der Waals surface area contributed by atoms with Gasteiger partial charge in [0.1, 0.15) is 0 Å². The van der Waals surface area contributed by atoms with Gasteiger partial charge in [0.2, 0.25) is 5.56 Å². The van der Waals surface area contributed by atoms with Gasteiger partial charge >= 0.3 is 0 Å². The Balaban J connectivity index is 2.21. The van der Waals surface area contributed by atoms with Crippen molar-refractivity contribution in [1.82, 2.24) is 9.88 Å². The zero-order valence-corrected chi connectivity index (χ0v) is 12.0. The summed E-state index contributed by atoms with van der Waals surface area (Å²) in [5, 5.41) is 0. The molecule has 0 aliphatic carbocycles. The van der Waals surface area contributed by atoms with Crippen molar-refractivity contribution in [3.63, 3.8) is 0 Å². The standard InChI is InChI=1S/C15H22N2O2/c1-4-15(3)6-5-7-17(10-15)14(19)12-8-11(2)16-13(18)9-12/h8-9H,4-7,10H2,1-3H3,(H,16,18)/t15-/m1/s1. The molecule has 1 aromatic rings. The van der Waals surface area contributed by atoms with Crippen molar-refractivity contribution in [3.8, 4) is 0 Å². The van der Waals surface area contributed by atoms with Crippen molar-refractivity contribution >= 4 is 5.91 Å². The van der Waals surface area contributed by atoms with Gasteiger partial charge in [0.25, 0.3) is 5.91 Å². The molecule has 1 aliphatic rings. The normalized spacial score (nSPS) is 23.4. The molecule has 1 saturated heterocycles. The number of nitrogens with one attached hydrogen (secondary N) is 1. The number of hydrogen-bond acceptors (Lipinski definition) is 2. The molecule has 0 spiro atoms. The molecule has 104 valence electrons. The fourth-order valence-electron chi connectivity index (χ4n) is 2.77. The number of rotatable bonds is 2. The average molecular weight is 262 g/mol. The lowest BCUT2D eigenvalue weighted by Crippen LogP contribution is -2.44. The Labute approximate surface area is 113 Å². The smallest absolute Gasteiger partial charge is 0.254 e. The molecular formula is C15H22N2O2. The minimum absolute atomic E-state index is 0.0198. The highest BCUT2D eigenvalue weighted by Gasteiger charge is 2.32. The third kappa shape index (κ3) is 3.06. The summed E-state index contributed by atoms with van der Waals surface area (Å²) in [6.45, 7) is 7.78. The van der Waals surface area contributed by atoms with Crippen LogP contribution in [-0.2, 0) is 0 Å². The zero-order valence-electron chi connectivity index (χ0n) is 12.0. The molecule has 1 aliphatic heterocycles. The van der Waals surface area contributed by atoms with E-state index < -0.39 is 0 Å². The van der Waals surface area contributed by atoms with Gasteiger partial charge in [-0.3, -0.25) is 9.59 Å². The van der Waals surface area contributed by atoms with Gasteiger partial charge in [-0.2, -0.15) is 0 Å². The Morgan fingerprint density at radius 1 is 1.47 bits per heavy atom. The number of pyridine rings is 1. The molecule has 0 unspecified atom stereocenters. The Bertz CT molecular complexity index is 535. The van der Waals surface area contributed by atoms with E-state index in [9.17, 15) is 9.59 Å². The van der Waals surface area contributed by atoms with E-state index in [0.29, 0.717) is 5.56 Å². The van der Waals surface area contributed by atoms with Crippen molar-refractivity contribution in [2.45, 2.75) is 40.0 Å². The highest BCUT2D eigenvalue weighted by atomic mass is 16.2. The fourth-order valence-corrected chi connectivity index (χ4v) is 2.77. The molecule has 1 aromatic heterocycles. The lowest BCUT2D eigenvalue weighted by Gasteiger charge is -2.40. The third-order valence-corrected chi connectivity index (χ3v) is 4.15. The molecular weight excluding hydrogens is 240 g/mol. The van der Waals surface area contributed by atoms with Crippen LogP contribution in [0.2, 0.25) is 0 Å². The summed E-state index contributed by atoms with van der Waals surface area (Å²) in [4.78, 5) is 28.5. The Morgan fingerprint density at radius 3 is 2.84 bits per heavy atom. The summed E-state index contributed by atoms with van der Waals surface area (Å²) in [6.07, 6.45) is 3.28. The minimum Gasteiger partial charge on any atom is -0.338 e. The van der Waals surface area contributed by atoms with Crippen LogP contribution in [0.25, 0.3) is 0 Å². The van der Waals surface area contributed by atoms with E-state index in [0.717, 1.165) is 31.6 Å². The van der Waals surface area contributed by atoms with Crippen molar-refractivity contribution in [2.24, 2.45) is 5.41 Å². The van der Waals surface area contributed by atoms with E-state index in [1.807, 2.05) is 4.90 Å². The number of H-pyrrole nitrogens is 1. The van der Waals surface area contributed by atoms with E-state index in [1.165, 1.54) is 12.5 Å². The summed E-state index contributed by atoms with van der Waals surface area (Å²) in [6, 6.07) is 3.15. The maximum Gasteiger partial charge on any atom is 0.254 e. The molecule has 2 rings (SSSR count). The number of nitrogens with zero attached hydrogens (tertiary/aromatic N) is 1. The lowest BCUT2D eigenvalue weighted by atomic mass is 9.79. The largest absolute Gasteiger partial charge is 0.338 e. The molecule has 1 atom stereocenters. The Hall–Kier alpha value is -1.58. The average Bonchev–Trinajstić information content (AvgIpc) is 2.37. The molecule has 1 N–H and O–H groups in total. The van der Waals surface area contributed by atoms with E-state index in [1.54, 1.807) is 13.0 Å². The summed E-state index contributed by atoms with van der Waals surface area (Å²) < 4.78 is 0. The number of aromatic amines is 1. The summed E-state index contributed by atoms with van der Waals surface area (Å²) >= 11 is 0. The topological polar surface area (TPSA) is 53.2 Å². The molecule has 2 heterocycles. The van der Waals surface area contributed by atoms with Gasteiger partial charge in [0.05, 0.1) is 0 Å². The second kappa shape index (κ2) is 5.19. The number of piperidine rings is 1. The van der Waals surface area contributed by atoms with Gasteiger partial charge in [-0.15, -0.1) is 0 Å². The monoisotopic (exact) mass is 262 g/mol. The fraction of sp³-hybridized carbons (Fsp3) is 0.600. The molecule has 0 saturated carbocycles. The van der Waals surface area contributed by atoms with Gasteiger partial charge in [-0.05, 0) is 37.7 Å². The van der Waals surface area contributed by atoms with Crippen LogP contribution in [0.5, 0.6) is 0 Å². The predicted molar refractivity (Wildman–Crippen MR) is 75.3 cm³/mol. The number of aryl methyl sites for hydroxylation is 1. The number of carbonyl (C=O) groups excluding carboxylic acids is 1. The molecule has 1 amide bonds. The summed E-state index contributed by atoms with van der Waals surface area (Å²) in [5.74, 6) is -0.0198. The van der Waals surface area contributed by atoms with Gasteiger partial charge < -0.3 is 9.88 Å². The number of amides is 1. The van der Waals surface area contributed by atoms with Crippen LogP contribution < -0.4 is 5.56 Å². The molecule has 0 bridgehead atoms. The van der Waals surface area contributed by atoms with Gasteiger partial charge in [-0.1, -0.05) is 13.8 Å². The van der Waals surface area contributed by atoms with E-state index in [4.69, 9.17) is 0 Å².